The number of fused-ring (bicyclic) bond motifs is 1. The molecule has 0 fully saturated rings. The lowest BCUT2D eigenvalue weighted by molar-refractivity contribution is 0.0697. The molecule has 6 N–H and O–H groups in total. The predicted molar refractivity (Wildman–Crippen MR) is 160 cm³/mol. The lowest BCUT2D eigenvalue weighted by Crippen LogP contribution is -2.05. The first kappa shape index (κ1) is 30.3. The topological polar surface area (TPSA) is 147 Å². The molecule has 0 saturated heterocycles. The molecule has 0 amide bonds. The molecule has 0 aliphatic heterocycles. The minimum absolute atomic E-state index is 0. The van der Waals surface area contributed by atoms with Gasteiger partial charge in [0.05, 0.1) is 22.3 Å². The van der Waals surface area contributed by atoms with Crippen molar-refractivity contribution in [2.75, 3.05) is 0 Å². The van der Waals surface area contributed by atoms with Gasteiger partial charge in [-0.05, 0) is 66.6 Å². The smallest absolute Gasteiger partial charge is 0.336 e. The number of hydrogen-bond acceptors (Lipinski definition) is 3. The van der Waals surface area contributed by atoms with E-state index in [2.05, 4.69) is 68.4 Å². The van der Waals surface area contributed by atoms with Crippen LogP contribution in [0.4, 0.5) is 0 Å². The molecule has 2 aromatic heterocycles. The zero-order chi connectivity index (χ0) is 27.0. The van der Waals surface area contributed by atoms with Crippen LogP contribution in [0, 0.1) is 13.8 Å². The highest BCUT2D eigenvalue weighted by Crippen LogP contribution is 2.30. The monoisotopic (exact) mass is 542 g/mol. The number of imidazole rings is 2. The molecule has 8 heteroatoms. The SMILES string of the molecule is CCCc1nc2c(C)cc(-c3nc(C(C)C)c(C)[nH]3)cc2n1Cc1ccc(-c2ccccc2C(=O)O)cc1.O.O. The number of hydrogen-bond donors (Lipinski definition) is 2. The minimum atomic E-state index is -0.919. The van der Waals surface area contributed by atoms with E-state index in [1.807, 2.05) is 24.3 Å². The summed E-state index contributed by atoms with van der Waals surface area (Å²) in [6.45, 7) is 11.4. The fraction of sp³-hybridized carbons (Fsp3) is 0.281. The molecule has 5 aromatic rings. The molecule has 5 rings (SSSR count). The molecular weight excluding hydrogens is 504 g/mol. The van der Waals surface area contributed by atoms with Gasteiger partial charge in [-0.3, -0.25) is 0 Å². The van der Waals surface area contributed by atoms with Crippen LogP contribution in [0.15, 0.2) is 60.7 Å². The van der Waals surface area contributed by atoms with Gasteiger partial charge in [0.15, 0.2) is 0 Å². The van der Waals surface area contributed by atoms with Crippen LogP contribution in [0.25, 0.3) is 33.5 Å². The number of benzene rings is 3. The van der Waals surface area contributed by atoms with Crippen molar-refractivity contribution in [3.63, 3.8) is 0 Å². The number of carboxylic acid groups (broad SMARTS) is 1. The number of aromatic nitrogens is 4. The van der Waals surface area contributed by atoms with E-state index < -0.39 is 5.97 Å². The minimum Gasteiger partial charge on any atom is -0.478 e. The average molecular weight is 543 g/mol. The Hall–Kier alpha value is -4.27. The van der Waals surface area contributed by atoms with Gasteiger partial charge in [-0.15, -0.1) is 0 Å². The molecule has 0 bridgehead atoms. The van der Waals surface area contributed by atoms with Crippen LogP contribution in [-0.2, 0) is 13.0 Å². The average Bonchev–Trinajstić information content (AvgIpc) is 3.46. The summed E-state index contributed by atoms with van der Waals surface area (Å²) in [7, 11) is 0. The van der Waals surface area contributed by atoms with Crippen molar-refractivity contribution in [2.45, 2.75) is 59.9 Å². The van der Waals surface area contributed by atoms with E-state index in [1.165, 1.54) is 0 Å². The van der Waals surface area contributed by atoms with Gasteiger partial charge in [0, 0.05) is 24.2 Å². The van der Waals surface area contributed by atoms with Gasteiger partial charge in [-0.1, -0.05) is 63.2 Å². The first-order valence-electron chi connectivity index (χ1n) is 13.2. The molecule has 0 saturated carbocycles. The summed E-state index contributed by atoms with van der Waals surface area (Å²) in [4.78, 5) is 25.1. The number of aromatic carboxylic acids is 1. The number of nitrogens with one attached hydrogen (secondary N) is 1. The van der Waals surface area contributed by atoms with E-state index in [0.717, 1.165) is 74.7 Å². The molecule has 210 valence electrons. The Kier molecular flexibility index (Phi) is 9.29. The van der Waals surface area contributed by atoms with Gasteiger partial charge in [-0.2, -0.15) is 0 Å². The summed E-state index contributed by atoms with van der Waals surface area (Å²) in [5.41, 5.74) is 9.59. The summed E-state index contributed by atoms with van der Waals surface area (Å²) >= 11 is 0. The number of H-pyrrole nitrogens is 1. The second kappa shape index (κ2) is 12.3. The van der Waals surface area contributed by atoms with Gasteiger partial charge in [-0.25, -0.2) is 14.8 Å². The highest BCUT2D eigenvalue weighted by Gasteiger charge is 2.18. The van der Waals surface area contributed by atoms with E-state index in [4.69, 9.17) is 9.97 Å². The summed E-state index contributed by atoms with van der Waals surface area (Å²) in [5.74, 6) is 1.40. The number of carbonyl (C=O) groups is 1. The van der Waals surface area contributed by atoms with Crippen molar-refractivity contribution in [2.24, 2.45) is 0 Å². The largest absolute Gasteiger partial charge is 0.478 e. The molecule has 0 radical (unpaired) electrons. The third-order valence-electron chi connectivity index (χ3n) is 7.10. The first-order chi connectivity index (χ1) is 18.3. The fourth-order valence-corrected chi connectivity index (χ4v) is 5.23. The Morgan fingerprint density at radius 3 is 2.30 bits per heavy atom. The van der Waals surface area contributed by atoms with Crippen molar-refractivity contribution >= 4 is 17.0 Å². The number of aryl methyl sites for hydroxylation is 3. The molecular formula is C32H38N4O4. The Morgan fingerprint density at radius 2 is 1.68 bits per heavy atom. The molecule has 8 nitrogen and oxygen atoms in total. The van der Waals surface area contributed by atoms with Crippen molar-refractivity contribution in [1.82, 2.24) is 19.5 Å². The molecule has 3 aromatic carbocycles. The Bertz CT molecular complexity index is 1630. The van der Waals surface area contributed by atoms with Crippen LogP contribution < -0.4 is 0 Å². The van der Waals surface area contributed by atoms with Gasteiger partial charge in [0.2, 0.25) is 0 Å². The van der Waals surface area contributed by atoms with E-state index in [0.29, 0.717) is 18.0 Å². The zero-order valence-electron chi connectivity index (χ0n) is 23.7. The molecule has 0 atom stereocenters. The van der Waals surface area contributed by atoms with Crippen LogP contribution in [0.3, 0.4) is 0 Å². The second-order valence-corrected chi connectivity index (χ2v) is 10.3. The summed E-state index contributed by atoms with van der Waals surface area (Å²) in [6.07, 6.45) is 1.90. The quantitative estimate of drug-likeness (QED) is 0.252. The van der Waals surface area contributed by atoms with Gasteiger partial charge in [0.1, 0.15) is 11.6 Å². The van der Waals surface area contributed by atoms with Crippen LogP contribution >= 0.6 is 0 Å². The molecule has 2 heterocycles. The van der Waals surface area contributed by atoms with Crippen molar-refractivity contribution in [3.8, 4) is 22.5 Å². The molecule has 0 aliphatic carbocycles. The predicted octanol–water partition coefficient (Wildman–Crippen LogP) is 5.88. The van der Waals surface area contributed by atoms with Crippen molar-refractivity contribution in [3.05, 3.63) is 94.6 Å². The summed E-state index contributed by atoms with van der Waals surface area (Å²) < 4.78 is 2.31. The van der Waals surface area contributed by atoms with Crippen LogP contribution in [0.2, 0.25) is 0 Å². The van der Waals surface area contributed by atoms with E-state index in [-0.39, 0.29) is 11.0 Å². The maximum absolute atomic E-state index is 11.7. The Labute approximate surface area is 234 Å². The third-order valence-corrected chi connectivity index (χ3v) is 7.10. The fourth-order valence-electron chi connectivity index (χ4n) is 5.23. The highest BCUT2D eigenvalue weighted by molar-refractivity contribution is 5.96. The highest BCUT2D eigenvalue weighted by atomic mass is 16.4. The standard InChI is InChI=1S/C32H34N4O2.2H2O/c1-6-9-28-34-30-20(4)16-24(31-33-21(5)29(35-31)19(2)3)17-27(30)36(28)18-22-12-14-23(15-13-22)25-10-7-8-11-26(25)32(37)38;;/h7-8,10-17,19H,6,9,18H2,1-5H3,(H,33,35)(H,37,38);2*1H2. The maximum atomic E-state index is 11.7. The van der Waals surface area contributed by atoms with Crippen LogP contribution in [-0.4, -0.2) is 41.5 Å². The molecule has 40 heavy (non-hydrogen) atoms. The Balaban J connectivity index is 0.00000220. The second-order valence-electron chi connectivity index (χ2n) is 10.3. The summed E-state index contributed by atoms with van der Waals surface area (Å²) in [6, 6.07) is 19.7. The van der Waals surface area contributed by atoms with Crippen molar-refractivity contribution in [1.29, 1.82) is 0 Å². The molecule has 0 spiro atoms. The lowest BCUT2D eigenvalue weighted by atomic mass is 9.98. The molecule has 0 aliphatic rings. The van der Waals surface area contributed by atoms with E-state index >= 15 is 0 Å². The lowest BCUT2D eigenvalue weighted by Gasteiger charge is -2.12. The van der Waals surface area contributed by atoms with Crippen molar-refractivity contribution < 1.29 is 20.9 Å². The summed E-state index contributed by atoms with van der Waals surface area (Å²) in [5, 5.41) is 9.59. The normalized spacial score (nSPS) is 10.9. The van der Waals surface area contributed by atoms with Gasteiger partial charge in [0.25, 0.3) is 0 Å². The van der Waals surface area contributed by atoms with E-state index in [9.17, 15) is 9.90 Å². The van der Waals surface area contributed by atoms with Gasteiger partial charge < -0.3 is 25.6 Å². The van der Waals surface area contributed by atoms with E-state index in [1.54, 1.807) is 12.1 Å². The number of rotatable bonds is 8. The van der Waals surface area contributed by atoms with Crippen LogP contribution in [0.5, 0.6) is 0 Å². The number of carboxylic acids is 1. The van der Waals surface area contributed by atoms with Gasteiger partial charge >= 0.3 is 5.97 Å². The number of nitrogens with zero attached hydrogens (tertiary/aromatic N) is 3. The van der Waals surface area contributed by atoms with Crippen LogP contribution in [0.1, 0.15) is 71.8 Å². The first-order valence-corrected chi connectivity index (χ1v) is 13.2. The maximum Gasteiger partial charge on any atom is 0.336 e. The Morgan fingerprint density at radius 1 is 0.975 bits per heavy atom. The molecule has 0 unspecified atom stereocenters. The number of aromatic amines is 1. The third kappa shape index (κ3) is 5.68. The zero-order valence-corrected chi connectivity index (χ0v) is 23.7.